The standard InChI is InChI=1S/C30H50N2O13/c1-19(2)31-8-10-40-12-14-42-16-15-41-13-11-39-9-7-24(33)32-22-17-21(18-43-20(3)4)5-6-23(22)44-30-27(36)25(34)26(35)28(45-30)29(37)38/h5-6,17,19-20,25-28,30-31,34-36H,7-16,18H2,1-4H3,(H,32,33)(H,37,38)/t25-,26-,27+,28-,30+/m0/s1. The number of hydrogen-bond donors (Lipinski definition) is 6. The van der Waals surface area contributed by atoms with Gasteiger partial charge in [0, 0.05) is 12.6 Å². The van der Waals surface area contributed by atoms with Crippen LogP contribution >= 0.6 is 0 Å². The Morgan fingerprint density at radius 2 is 1.44 bits per heavy atom. The fourth-order valence-corrected chi connectivity index (χ4v) is 3.96. The number of aliphatic carboxylic acids is 1. The van der Waals surface area contributed by atoms with Gasteiger partial charge in [0.1, 0.15) is 24.1 Å². The van der Waals surface area contributed by atoms with Gasteiger partial charge in [-0.2, -0.15) is 0 Å². The Morgan fingerprint density at radius 1 is 0.844 bits per heavy atom. The number of anilines is 1. The molecule has 258 valence electrons. The zero-order valence-corrected chi connectivity index (χ0v) is 26.5. The van der Waals surface area contributed by atoms with Gasteiger partial charge in [-0.05, 0) is 31.5 Å². The highest BCUT2D eigenvalue weighted by molar-refractivity contribution is 5.92. The van der Waals surface area contributed by atoms with E-state index in [1.807, 2.05) is 13.8 Å². The maximum absolute atomic E-state index is 12.7. The summed E-state index contributed by atoms with van der Waals surface area (Å²) < 4.78 is 38.4. The summed E-state index contributed by atoms with van der Waals surface area (Å²) in [6.07, 6.45) is -8.97. The van der Waals surface area contributed by atoms with Gasteiger partial charge in [0.2, 0.25) is 12.2 Å². The monoisotopic (exact) mass is 646 g/mol. The molecule has 15 heteroatoms. The molecule has 1 saturated heterocycles. The number of carboxylic acids is 1. The molecule has 1 aromatic rings. The zero-order valence-electron chi connectivity index (χ0n) is 26.5. The van der Waals surface area contributed by atoms with E-state index in [0.717, 1.165) is 6.54 Å². The maximum Gasteiger partial charge on any atom is 0.335 e. The number of benzene rings is 1. The van der Waals surface area contributed by atoms with E-state index in [-0.39, 0.29) is 43.8 Å². The molecule has 1 aliphatic rings. The summed E-state index contributed by atoms with van der Waals surface area (Å²) in [6.45, 7) is 12.2. The van der Waals surface area contributed by atoms with Crippen LogP contribution in [-0.4, -0.2) is 135 Å². The van der Waals surface area contributed by atoms with Crippen LogP contribution in [0.4, 0.5) is 5.69 Å². The van der Waals surface area contributed by atoms with Gasteiger partial charge >= 0.3 is 5.97 Å². The maximum atomic E-state index is 12.7. The van der Waals surface area contributed by atoms with E-state index in [1.165, 1.54) is 6.07 Å². The van der Waals surface area contributed by atoms with E-state index in [1.54, 1.807) is 12.1 Å². The molecule has 1 fully saturated rings. The third-order valence-electron chi connectivity index (χ3n) is 6.35. The molecule has 0 bridgehead atoms. The first-order valence-electron chi connectivity index (χ1n) is 15.2. The zero-order chi connectivity index (χ0) is 33.2. The van der Waals surface area contributed by atoms with E-state index in [9.17, 15) is 30.0 Å². The number of rotatable bonds is 23. The minimum atomic E-state index is -1.86. The van der Waals surface area contributed by atoms with Gasteiger partial charge in [-0.25, -0.2) is 4.79 Å². The lowest BCUT2D eigenvalue weighted by Crippen LogP contribution is -2.61. The summed E-state index contributed by atoms with van der Waals surface area (Å²) in [5.74, 6) is -1.90. The van der Waals surface area contributed by atoms with Gasteiger partial charge in [-0.3, -0.25) is 4.79 Å². The molecule has 6 N–H and O–H groups in total. The average Bonchev–Trinajstić information content (AvgIpc) is 2.98. The summed E-state index contributed by atoms with van der Waals surface area (Å²) in [7, 11) is 0. The van der Waals surface area contributed by atoms with Crippen molar-refractivity contribution in [1.29, 1.82) is 0 Å². The molecule has 0 aliphatic carbocycles. The molecule has 1 aliphatic heterocycles. The molecular formula is C30H50N2O13. The molecule has 0 spiro atoms. The predicted molar refractivity (Wildman–Crippen MR) is 161 cm³/mol. The highest BCUT2D eigenvalue weighted by Gasteiger charge is 2.48. The fraction of sp³-hybridized carbons (Fsp3) is 0.733. The van der Waals surface area contributed by atoms with Gasteiger partial charge in [-0.1, -0.05) is 19.9 Å². The van der Waals surface area contributed by atoms with Crippen molar-refractivity contribution in [3.8, 4) is 5.75 Å². The second-order valence-corrected chi connectivity index (χ2v) is 10.9. The van der Waals surface area contributed by atoms with Crippen LogP contribution in [0.2, 0.25) is 0 Å². The van der Waals surface area contributed by atoms with Crippen molar-refractivity contribution in [3.63, 3.8) is 0 Å². The van der Waals surface area contributed by atoms with Gasteiger partial charge in [0.05, 0.1) is 77.7 Å². The molecule has 0 unspecified atom stereocenters. The molecule has 1 aromatic carbocycles. The SMILES string of the molecule is CC(C)NCCOCCOCCOCCOCCC(=O)Nc1cc(COC(C)C)ccc1O[C@@H]1O[C@H](C(=O)O)[C@@H](O)[C@H](O)[C@H]1O. The number of nitrogens with one attached hydrogen (secondary N) is 2. The van der Waals surface area contributed by atoms with Crippen molar-refractivity contribution in [3.05, 3.63) is 23.8 Å². The Labute approximate surface area is 264 Å². The van der Waals surface area contributed by atoms with Gasteiger partial charge in [-0.15, -0.1) is 0 Å². The first kappa shape index (κ1) is 38.7. The van der Waals surface area contributed by atoms with E-state index in [0.29, 0.717) is 51.2 Å². The minimum Gasteiger partial charge on any atom is -0.479 e. The van der Waals surface area contributed by atoms with Crippen LogP contribution in [0.3, 0.4) is 0 Å². The van der Waals surface area contributed by atoms with Gasteiger partial charge < -0.3 is 64.2 Å². The third kappa shape index (κ3) is 15.1. The van der Waals surface area contributed by atoms with Crippen LogP contribution in [-0.2, 0) is 44.6 Å². The quantitative estimate of drug-likeness (QED) is 0.0885. The van der Waals surface area contributed by atoms with E-state index >= 15 is 0 Å². The summed E-state index contributed by atoms with van der Waals surface area (Å²) in [6, 6.07) is 5.20. The Hall–Kier alpha value is -2.44. The summed E-state index contributed by atoms with van der Waals surface area (Å²) in [4.78, 5) is 24.2. The average molecular weight is 647 g/mol. The number of aliphatic hydroxyl groups is 3. The number of aliphatic hydroxyl groups excluding tert-OH is 3. The second kappa shape index (κ2) is 21.4. The van der Waals surface area contributed by atoms with Crippen LogP contribution in [0, 0.1) is 0 Å². The molecular weight excluding hydrogens is 596 g/mol. The second-order valence-electron chi connectivity index (χ2n) is 10.9. The molecule has 5 atom stereocenters. The van der Waals surface area contributed by atoms with E-state index < -0.39 is 42.6 Å². The number of amides is 1. The Morgan fingerprint density at radius 3 is 2.02 bits per heavy atom. The van der Waals surface area contributed by atoms with Crippen LogP contribution in [0.1, 0.15) is 39.7 Å². The number of ether oxygens (including phenoxy) is 7. The Bertz CT molecular complexity index is 997. The first-order chi connectivity index (χ1) is 21.5. The van der Waals surface area contributed by atoms with Crippen LogP contribution < -0.4 is 15.4 Å². The molecule has 15 nitrogen and oxygen atoms in total. The van der Waals surface area contributed by atoms with Crippen LogP contribution in [0.25, 0.3) is 0 Å². The molecule has 0 saturated carbocycles. The summed E-state index contributed by atoms with van der Waals surface area (Å²) in [5, 5.41) is 45.7. The van der Waals surface area contributed by atoms with Gasteiger partial charge in [0.15, 0.2) is 6.10 Å². The van der Waals surface area contributed by atoms with Gasteiger partial charge in [0.25, 0.3) is 0 Å². The highest BCUT2D eigenvalue weighted by Crippen LogP contribution is 2.31. The molecule has 0 radical (unpaired) electrons. The number of hydrogen-bond acceptors (Lipinski definition) is 13. The minimum absolute atomic E-state index is 0.0104. The molecule has 2 rings (SSSR count). The lowest BCUT2D eigenvalue weighted by Gasteiger charge is -2.38. The van der Waals surface area contributed by atoms with Crippen molar-refractivity contribution in [2.75, 3.05) is 64.7 Å². The van der Waals surface area contributed by atoms with Crippen LogP contribution in [0.5, 0.6) is 5.75 Å². The lowest BCUT2D eigenvalue weighted by atomic mass is 9.99. The van der Waals surface area contributed by atoms with Crippen molar-refractivity contribution >= 4 is 17.6 Å². The summed E-state index contributed by atoms with van der Waals surface area (Å²) >= 11 is 0. The molecule has 1 heterocycles. The molecule has 0 aromatic heterocycles. The fourth-order valence-electron chi connectivity index (χ4n) is 3.96. The molecule has 1 amide bonds. The van der Waals surface area contributed by atoms with Crippen molar-refractivity contribution in [2.45, 2.75) is 83.6 Å². The number of carbonyl (C=O) groups is 2. The highest BCUT2D eigenvalue weighted by atomic mass is 16.7. The summed E-state index contributed by atoms with van der Waals surface area (Å²) in [5.41, 5.74) is 0.910. The lowest BCUT2D eigenvalue weighted by molar-refractivity contribution is -0.271. The van der Waals surface area contributed by atoms with E-state index in [4.69, 9.17) is 33.2 Å². The Kier molecular flexibility index (Phi) is 18.4. The predicted octanol–water partition coefficient (Wildman–Crippen LogP) is 0.276. The smallest absolute Gasteiger partial charge is 0.335 e. The Balaban J connectivity index is 1.76. The van der Waals surface area contributed by atoms with Crippen molar-refractivity contribution in [2.24, 2.45) is 0 Å². The van der Waals surface area contributed by atoms with Crippen molar-refractivity contribution < 1.29 is 63.2 Å². The topological polar surface area (TPSA) is 204 Å². The van der Waals surface area contributed by atoms with Crippen LogP contribution in [0.15, 0.2) is 18.2 Å². The number of carboxylic acid groups (broad SMARTS) is 1. The first-order valence-corrected chi connectivity index (χ1v) is 15.2. The van der Waals surface area contributed by atoms with Crippen molar-refractivity contribution in [1.82, 2.24) is 5.32 Å². The normalized spacial score (nSPS) is 21.8. The number of carbonyl (C=O) groups excluding carboxylic acids is 1. The largest absolute Gasteiger partial charge is 0.479 e. The third-order valence-corrected chi connectivity index (χ3v) is 6.35. The van der Waals surface area contributed by atoms with E-state index in [2.05, 4.69) is 24.5 Å². The molecule has 45 heavy (non-hydrogen) atoms.